The monoisotopic (exact) mass is 318 g/mol. The largest absolute Gasteiger partial charge is 0.486 e. The number of alkyl halides is 3. The van der Waals surface area contributed by atoms with Gasteiger partial charge in [0.05, 0.1) is 6.54 Å². The van der Waals surface area contributed by atoms with Gasteiger partial charge in [-0.3, -0.25) is 9.69 Å². The van der Waals surface area contributed by atoms with Crippen LogP contribution >= 0.6 is 0 Å². The van der Waals surface area contributed by atoms with Gasteiger partial charge < -0.3 is 14.8 Å². The highest BCUT2D eigenvalue weighted by Gasteiger charge is 2.28. The molecule has 0 saturated carbocycles. The lowest BCUT2D eigenvalue weighted by Gasteiger charge is -2.29. The first-order valence-electron chi connectivity index (χ1n) is 6.74. The fourth-order valence-corrected chi connectivity index (χ4v) is 2.07. The highest BCUT2D eigenvalue weighted by molar-refractivity contribution is 5.78. The van der Waals surface area contributed by atoms with Crippen LogP contribution in [0.1, 0.15) is 0 Å². The third-order valence-electron chi connectivity index (χ3n) is 2.98. The molecule has 1 aliphatic rings. The van der Waals surface area contributed by atoms with Crippen LogP contribution in [-0.4, -0.2) is 56.4 Å². The van der Waals surface area contributed by atoms with E-state index in [4.69, 9.17) is 9.47 Å². The van der Waals surface area contributed by atoms with Crippen LogP contribution in [0.25, 0.3) is 0 Å². The highest BCUT2D eigenvalue weighted by atomic mass is 19.4. The second-order valence-corrected chi connectivity index (χ2v) is 5.09. The summed E-state index contributed by atoms with van der Waals surface area (Å²) in [6.07, 6.45) is -4.69. The van der Waals surface area contributed by atoms with E-state index in [1.807, 2.05) is 17.4 Å². The fourth-order valence-electron chi connectivity index (χ4n) is 2.07. The SMILES string of the molecule is CN(CC(=O)NCC(F)(F)F)C[C@H]1COc2ccccc2O1. The molecular weight excluding hydrogens is 301 g/mol. The average molecular weight is 318 g/mol. The smallest absolute Gasteiger partial charge is 0.405 e. The predicted molar refractivity (Wildman–Crippen MR) is 72.9 cm³/mol. The third kappa shape index (κ3) is 5.10. The lowest BCUT2D eigenvalue weighted by Crippen LogP contribution is -2.44. The van der Waals surface area contributed by atoms with Gasteiger partial charge >= 0.3 is 6.18 Å². The predicted octanol–water partition coefficient (Wildman–Crippen LogP) is 1.44. The van der Waals surface area contributed by atoms with Gasteiger partial charge in [-0.05, 0) is 19.2 Å². The van der Waals surface area contributed by atoms with Gasteiger partial charge in [0.2, 0.25) is 5.91 Å². The molecule has 0 spiro atoms. The highest BCUT2D eigenvalue weighted by Crippen LogP contribution is 2.30. The van der Waals surface area contributed by atoms with Crippen LogP contribution in [0.5, 0.6) is 11.5 Å². The molecule has 1 N–H and O–H groups in total. The molecule has 0 aliphatic carbocycles. The molecule has 5 nitrogen and oxygen atoms in total. The average Bonchev–Trinajstić information content (AvgIpc) is 2.44. The Morgan fingerprint density at radius 2 is 2.05 bits per heavy atom. The van der Waals surface area contributed by atoms with Gasteiger partial charge in [0, 0.05) is 6.54 Å². The van der Waals surface area contributed by atoms with Crippen molar-refractivity contribution in [2.75, 3.05) is 33.3 Å². The number of ether oxygens (including phenoxy) is 2. The number of hydrogen-bond donors (Lipinski definition) is 1. The summed E-state index contributed by atoms with van der Waals surface area (Å²) >= 11 is 0. The number of nitrogens with zero attached hydrogens (tertiary/aromatic N) is 1. The molecule has 1 aliphatic heterocycles. The van der Waals surface area contributed by atoms with Gasteiger partial charge in [0.25, 0.3) is 0 Å². The number of para-hydroxylation sites is 2. The minimum absolute atomic E-state index is 0.141. The Morgan fingerprint density at radius 3 is 2.73 bits per heavy atom. The zero-order valence-corrected chi connectivity index (χ0v) is 12.0. The molecule has 0 saturated heterocycles. The summed E-state index contributed by atoms with van der Waals surface area (Å²) in [6.45, 7) is -0.771. The molecule has 1 atom stereocenters. The molecular formula is C14H17F3N2O3. The molecule has 0 bridgehead atoms. The second kappa shape index (κ2) is 6.87. The van der Waals surface area contributed by atoms with Gasteiger partial charge in [-0.25, -0.2) is 0 Å². The molecule has 0 aromatic heterocycles. The molecule has 0 fully saturated rings. The lowest BCUT2D eigenvalue weighted by molar-refractivity contribution is -0.139. The van der Waals surface area contributed by atoms with Crippen LogP contribution in [0.2, 0.25) is 0 Å². The number of rotatable bonds is 5. The first-order chi connectivity index (χ1) is 10.3. The van der Waals surface area contributed by atoms with Gasteiger partial charge in [0.1, 0.15) is 19.3 Å². The van der Waals surface area contributed by atoms with Crippen molar-refractivity contribution in [3.63, 3.8) is 0 Å². The summed E-state index contributed by atoms with van der Waals surface area (Å²) in [5.41, 5.74) is 0. The standard InChI is InChI=1S/C14H17F3N2O3/c1-19(7-13(20)18-9-14(15,16)17)6-10-8-21-11-4-2-3-5-12(11)22-10/h2-5,10H,6-9H2,1H3,(H,18,20)/t10-/m0/s1. The molecule has 122 valence electrons. The van der Waals surface area contributed by atoms with E-state index in [0.717, 1.165) is 0 Å². The molecule has 1 amide bonds. The molecule has 0 radical (unpaired) electrons. The Labute approximate surface area is 126 Å². The number of benzene rings is 1. The minimum Gasteiger partial charge on any atom is -0.486 e. The summed E-state index contributed by atoms with van der Waals surface area (Å²) < 4.78 is 47.3. The number of hydrogen-bond acceptors (Lipinski definition) is 4. The van der Waals surface area contributed by atoms with Crippen molar-refractivity contribution in [2.24, 2.45) is 0 Å². The molecule has 2 rings (SSSR count). The van der Waals surface area contributed by atoms with E-state index in [1.54, 1.807) is 24.1 Å². The number of amides is 1. The van der Waals surface area contributed by atoms with Crippen molar-refractivity contribution in [1.82, 2.24) is 10.2 Å². The molecule has 1 aromatic rings. The van der Waals surface area contributed by atoms with Crippen LogP contribution < -0.4 is 14.8 Å². The van der Waals surface area contributed by atoms with Crippen LogP contribution in [0, 0.1) is 0 Å². The normalized spacial score (nSPS) is 17.4. The van der Waals surface area contributed by atoms with Crippen molar-refractivity contribution in [2.45, 2.75) is 12.3 Å². The van der Waals surface area contributed by atoms with E-state index in [9.17, 15) is 18.0 Å². The van der Waals surface area contributed by atoms with E-state index in [1.165, 1.54) is 0 Å². The fraction of sp³-hybridized carbons (Fsp3) is 0.500. The Bertz CT molecular complexity index is 522. The molecule has 1 aromatic carbocycles. The van der Waals surface area contributed by atoms with Crippen molar-refractivity contribution in [3.05, 3.63) is 24.3 Å². The second-order valence-electron chi connectivity index (χ2n) is 5.09. The number of nitrogens with one attached hydrogen (secondary N) is 1. The zero-order valence-electron chi connectivity index (χ0n) is 12.0. The van der Waals surface area contributed by atoms with Gasteiger partial charge in [-0.2, -0.15) is 13.2 Å². The maximum atomic E-state index is 12.0. The van der Waals surface area contributed by atoms with E-state index >= 15 is 0 Å². The summed E-state index contributed by atoms with van der Waals surface area (Å²) in [4.78, 5) is 13.0. The molecule has 1 heterocycles. The van der Waals surface area contributed by atoms with E-state index in [-0.39, 0.29) is 12.6 Å². The van der Waals surface area contributed by atoms with Crippen LogP contribution in [0.3, 0.4) is 0 Å². The van der Waals surface area contributed by atoms with Gasteiger partial charge in [-0.1, -0.05) is 12.1 Å². The van der Waals surface area contributed by atoms with Crippen LogP contribution in [0.4, 0.5) is 13.2 Å². The maximum absolute atomic E-state index is 12.0. The Morgan fingerprint density at radius 1 is 1.36 bits per heavy atom. The van der Waals surface area contributed by atoms with E-state index < -0.39 is 18.6 Å². The summed E-state index contributed by atoms with van der Waals surface area (Å²) in [5.74, 6) is 0.593. The summed E-state index contributed by atoms with van der Waals surface area (Å²) in [5, 5.41) is 1.83. The first kappa shape index (κ1) is 16.4. The molecule has 22 heavy (non-hydrogen) atoms. The first-order valence-corrected chi connectivity index (χ1v) is 6.74. The van der Waals surface area contributed by atoms with Crippen molar-refractivity contribution >= 4 is 5.91 Å². The summed E-state index contributed by atoms with van der Waals surface area (Å²) in [7, 11) is 1.64. The van der Waals surface area contributed by atoms with Crippen LogP contribution in [-0.2, 0) is 4.79 Å². The van der Waals surface area contributed by atoms with Gasteiger partial charge in [-0.15, -0.1) is 0 Å². The van der Waals surface area contributed by atoms with E-state index in [2.05, 4.69) is 0 Å². The third-order valence-corrected chi connectivity index (χ3v) is 2.98. The maximum Gasteiger partial charge on any atom is 0.405 e. The minimum atomic E-state index is -4.40. The molecule has 8 heteroatoms. The number of fused-ring (bicyclic) bond motifs is 1. The quantitative estimate of drug-likeness (QED) is 0.892. The van der Waals surface area contributed by atoms with Gasteiger partial charge in [0.15, 0.2) is 11.5 Å². The number of likely N-dealkylation sites (N-methyl/N-ethyl adjacent to an activating group) is 1. The molecule has 0 unspecified atom stereocenters. The van der Waals surface area contributed by atoms with Crippen molar-refractivity contribution in [3.8, 4) is 11.5 Å². The Hall–Kier alpha value is -1.96. The van der Waals surface area contributed by atoms with Crippen molar-refractivity contribution in [1.29, 1.82) is 0 Å². The topological polar surface area (TPSA) is 50.8 Å². The van der Waals surface area contributed by atoms with Crippen LogP contribution in [0.15, 0.2) is 24.3 Å². The summed E-state index contributed by atoms with van der Waals surface area (Å²) in [6, 6.07) is 7.22. The lowest BCUT2D eigenvalue weighted by atomic mass is 10.2. The Balaban J connectivity index is 1.76. The van der Waals surface area contributed by atoms with E-state index in [0.29, 0.717) is 24.7 Å². The number of carbonyl (C=O) groups is 1. The number of carbonyl (C=O) groups excluding carboxylic acids is 1. The zero-order chi connectivity index (χ0) is 16.2. The Kier molecular flexibility index (Phi) is 5.12. The number of halogens is 3. The van der Waals surface area contributed by atoms with Crippen molar-refractivity contribution < 1.29 is 27.4 Å².